The van der Waals surface area contributed by atoms with E-state index in [-0.39, 0.29) is 5.91 Å². The van der Waals surface area contributed by atoms with Gasteiger partial charge in [-0.3, -0.25) is 4.79 Å². The van der Waals surface area contributed by atoms with Crippen molar-refractivity contribution in [2.24, 2.45) is 0 Å². The number of carbonyl (C=O) groups is 1. The minimum atomic E-state index is 0.0716. The zero-order valence-corrected chi connectivity index (χ0v) is 6.39. The summed E-state index contributed by atoms with van der Waals surface area (Å²) in [6.45, 7) is 0. The second-order valence-corrected chi connectivity index (χ2v) is 2.76. The molecule has 1 N–H and O–H groups in total. The van der Waals surface area contributed by atoms with E-state index < -0.39 is 0 Å². The molecule has 0 fully saturated rings. The minimum absolute atomic E-state index is 0.0716. The Morgan fingerprint density at radius 1 is 1.88 bits per heavy atom. The molecular weight excluding hydrogens is 141 g/mol. The highest BCUT2D eigenvalue weighted by Gasteiger charge is 1.92. The molecule has 46 valence electrons. The van der Waals surface area contributed by atoms with Crippen molar-refractivity contribution in [1.29, 1.82) is 0 Å². The molecule has 8 heavy (non-hydrogen) atoms. The molecule has 0 aromatic rings. The van der Waals surface area contributed by atoms with Crippen LogP contribution in [0, 0.1) is 0 Å². The first-order valence-corrected chi connectivity index (χ1v) is 4.40. The number of nitrogens with one attached hydrogen (secondary N) is 1. The molecule has 0 saturated heterocycles. The van der Waals surface area contributed by atoms with E-state index in [1.807, 2.05) is 0 Å². The van der Waals surface area contributed by atoms with Crippen LogP contribution < -0.4 is 5.32 Å². The summed E-state index contributed by atoms with van der Waals surface area (Å²) in [5.74, 6) is 0.0716. The molecule has 0 aromatic carbocycles. The van der Waals surface area contributed by atoms with Crippen LogP contribution in [0.25, 0.3) is 0 Å². The second kappa shape index (κ2) is 5.13. The van der Waals surface area contributed by atoms with Gasteiger partial charge in [0.15, 0.2) is 0 Å². The Bertz CT molecular complexity index is 96.0. The highest BCUT2D eigenvalue weighted by Crippen LogP contribution is 1.93. The van der Waals surface area contributed by atoms with Gasteiger partial charge in [0.05, 0.1) is 0 Å². The Morgan fingerprint density at radius 2 is 2.50 bits per heavy atom. The molecule has 2 nitrogen and oxygen atoms in total. The van der Waals surface area contributed by atoms with Crippen molar-refractivity contribution in [2.75, 3.05) is 13.2 Å². The maximum atomic E-state index is 10.4. The summed E-state index contributed by atoms with van der Waals surface area (Å²) in [4.78, 5) is 10.4. The third-order valence-electron chi connectivity index (χ3n) is 0.709. The van der Waals surface area contributed by atoms with Gasteiger partial charge >= 0.3 is 0 Å². The molecule has 0 heterocycles. The van der Waals surface area contributed by atoms with Crippen LogP contribution >= 0.6 is 7.36 Å². The van der Waals surface area contributed by atoms with Gasteiger partial charge in [-0.1, -0.05) is 11.8 Å². The van der Waals surface area contributed by atoms with Crippen molar-refractivity contribution in [1.82, 2.24) is 5.32 Å². The van der Waals surface area contributed by atoms with Crippen LogP contribution in [-0.4, -0.2) is 19.1 Å². The first-order valence-electron chi connectivity index (χ1n) is 2.31. The van der Waals surface area contributed by atoms with E-state index in [0.717, 1.165) is 13.5 Å². The summed E-state index contributed by atoms with van der Waals surface area (Å²) < 4.78 is 0. The quantitative estimate of drug-likeness (QED) is 0.593. The van der Waals surface area contributed by atoms with Crippen molar-refractivity contribution in [3.05, 3.63) is 0 Å². The Labute approximate surface area is 55.5 Å². The second-order valence-electron chi connectivity index (χ2n) is 1.28. The van der Waals surface area contributed by atoms with E-state index in [1.54, 1.807) is 7.05 Å². The maximum Gasteiger partial charge on any atom is 0.220 e. The van der Waals surface area contributed by atoms with Crippen LogP contribution in [-0.2, 0) is 16.6 Å². The average molecular weight is 149 g/mol. The van der Waals surface area contributed by atoms with Crippen molar-refractivity contribution in [2.45, 2.75) is 6.42 Å². The average Bonchev–Trinajstić information content (AvgIpc) is 1.83. The highest BCUT2D eigenvalue weighted by atomic mass is 32.4. The third-order valence-corrected chi connectivity index (χ3v) is 1.66. The number of amides is 1. The summed E-state index contributed by atoms with van der Waals surface area (Å²) in [5, 5.41) is 2.51. The molecule has 0 aliphatic rings. The molecule has 0 bridgehead atoms. The Hall–Kier alpha value is -0.0100. The molecule has 0 spiro atoms. The van der Waals surface area contributed by atoms with Crippen LogP contribution in [0.5, 0.6) is 0 Å². The van der Waals surface area contributed by atoms with Crippen LogP contribution in [0.2, 0.25) is 0 Å². The molecule has 1 amide bonds. The SMILES string of the molecule is CNC(=O)CCP=S. The van der Waals surface area contributed by atoms with Crippen LogP contribution in [0.3, 0.4) is 0 Å². The van der Waals surface area contributed by atoms with Crippen molar-refractivity contribution < 1.29 is 4.79 Å². The molecule has 0 aliphatic carbocycles. The summed E-state index contributed by atoms with van der Waals surface area (Å²) in [6, 6.07) is 0. The molecule has 0 aliphatic heterocycles. The third kappa shape index (κ3) is 4.16. The number of hydrogen-bond donors (Lipinski definition) is 1. The van der Waals surface area contributed by atoms with Crippen molar-refractivity contribution in [3.63, 3.8) is 0 Å². The number of rotatable bonds is 3. The summed E-state index contributed by atoms with van der Waals surface area (Å²) in [5.41, 5.74) is 0. The lowest BCUT2D eigenvalue weighted by atomic mass is 10.5. The molecule has 0 saturated carbocycles. The fraction of sp³-hybridized carbons (Fsp3) is 0.750. The molecule has 4 heteroatoms. The summed E-state index contributed by atoms with van der Waals surface area (Å²) in [7, 11) is 2.50. The highest BCUT2D eigenvalue weighted by molar-refractivity contribution is 7.96. The Morgan fingerprint density at radius 3 is 2.88 bits per heavy atom. The van der Waals surface area contributed by atoms with Gasteiger partial charge in [-0.15, -0.1) is 0 Å². The summed E-state index contributed by atoms with van der Waals surface area (Å²) in [6.07, 6.45) is 1.34. The topological polar surface area (TPSA) is 29.1 Å². The largest absolute Gasteiger partial charge is 0.359 e. The molecule has 0 rings (SSSR count). The molecule has 0 aromatic heterocycles. The van der Waals surface area contributed by atoms with Gasteiger partial charge < -0.3 is 5.32 Å². The summed E-state index contributed by atoms with van der Waals surface area (Å²) >= 11 is 4.61. The molecular formula is C4H8NOPS. The van der Waals surface area contributed by atoms with Crippen molar-refractivity contribution in [3.8, 4) is 0 Å². The van der Waals surface area contributed by atoms with Crippen LogP contribution in [0.15, 0.2) is 0 Å². The molecule has 0 radical (unpaired) electrons. The smallest absolute Gasteiger partial charge is 0.220 e. The van der Waals surface area contributed by atoms with E-state index in [4.69, 9.17) is 0 Å². The lowest BCUT2D eigenvalue weighted by Gasteiger charge is -1.91. The van der Waals surface area contributed by atoms with E-state index in [0.29, 0.717) is 6.42 Å². The Kier molecular flexibility index (Phi) is 5.13. The van der Waals surface area contributed by atoms with E-state index in [1.165, 1.54) is 0 Å². The van der Waals surface area contributed by atoms with Gasteiger partial charge in [0.25, 0.3) is 0 Å². The zero-order valence-electron chi connectivity index (χ0n) is 4.68. The van der Waals surface area contributed by atoms with E-state index in [9.17, 15) is 4.79 Å². The van der Waals surface area contributed by atoms with Gasteiger partial charge in [0.1, 0.15) is 0 Å². The fourth-order valence-corrected chi connectivity index (χ4v) is 0.840. The predicted molar refractivity (Wildman–Crippen MR) is 37.8 cm³/mol. The maximum absolute atomic E-state index is 10.4. The van der Waals surface area contributed by atoms with Crippen LogP contribution in [0.1, 0.15) is 6.42 Å². The van der Waals surface area contributed by atoms with Gasteiger partial charge in [0.2, 0.25) is 5.91 Å². The van der Waals surface area contributed by atoms with Gasteiger partial charge in [-0.2, -0.15) is 0 Å². The zero-order chi connectivity index (χ0) is 6.41. The minimum Gasteiger partial charge on any atom is -0.359 e. The lowest BCUT2D eigenvalue weighted by Crippen LogP contribution is -2.17. The predicted octanol–water partition coefficient (Wildman–Crippen LogP) is 0.531. The van der Waals surface area contributed by atoms with E-state index >= 15 is 0 Å². The van der Waals surface area contributed by atoms with E-state index in [2.05, 4.69) is 17.1 Å². The van der Waals surface area contributed by atoms with Crippen molar-refractivity contribution >= 4 is 25.1 Å². The standard InChI is InChI=1S/C4H8NOPS/c1-5-4(6)2-3-7-8/h2-3H2,1H3,(H,5,6). The normalized spacial score (nSPS) is 9.12. The number of carbonyl (C=O) groups excluding carboxylic acids is 1. The van der Waals surface area contributed by atoms with Crippen LogP contribution in [0.4, 0.5) is 0 Å². The monoisotopic (exact) mass is 149 g/mol. The van der Waals surface area contributed by atoms with Gasteiger partial charge in [-0.25, -0.2) is 0 Å². The molecule has 0 atom stereocenters. The van der Waals surface area contributed by atoms with Gasteiger partial charge in [-0.05, 0) is 7.36 Å². The first kappa shape index (κ1) is 7.99. The molecule has 0 unspecified atom stereocenters. The van der Waals surface area contributed by atoms with Gasteiger partial charge in [0, 0.05) is 19.6 Å². The fourth-order valence-electron chi connectivity index (χ4n) is 0.272. The first-order chi connectivity index (χ1) is 3.81. The number of hydrogen-bond acceptors (Lipinski definition) is 2. The Balaban J connectivity index is 3.11. The lowest BCUT2D eigenvalue weighted by molar-refractivity contribution is -0.120.